The molecule has 0 saturated heterocycles. The molecular weight excluding hydrogens is 423 g/mol. The molecule has 0 aliphatic carbocycles. The third-order valence-corrected chi connectivity index (χ3v) is 6.76. The van der Waals surface area contributed by atoms with Gasteiger partial charge in [-0.25, -0.2) is 17.6 Å². The quantitative estimate of drug-likeness (QED) is 0.314. The van der Waals surface area contributed by atoms with Crippen LogP contribution in [0.5, 0.6) is 0 Å². The standard InChI is InChI=1S/C22H27FN2O5S/c1-6-13-24(31(28,29)18-11-9-17(23)10-12-18)14-19(26)20-15(4)21(22(27)30-8-3)25(7-2)16(20)5/h6,9-12H,1,7-8,13-14H2,2-5H3. The average Bonchev–Trinajstić information content (AvgIpc) is 2.97. The summed E-state index contributed by atoms with van der Waals surface area (Å²) in [6.07, 6.45) is 1.37. The molecule has 0 spiro atoms. The zero-order valence-corrected chi connectivity index (χ0v) is 19.0. The fraction of sp³-hybridized carbons (Fsp3) is 0.364. The predicted molar refractivity (Wildman–Crippen MR) is 115 cm³/mol. The monoisotopic (exact) mass is 450 g/mol. The van der Waals surface area contributed by atoms with Crippen molar-refractivity contribution in [1.29, 1.82) is 0 Å². The Hall–Kier alpha value is -2.78. The van der Waals surface area contributed by atoms with Gasteiger partial charge >= 0.3 is 5.97 Å². The Kier molecular flexibility index (Phi) is 7.91. The number of ketones is 1. The van der Waals surface area contributed by atoms with Crippen LogP contribution in [0.1, 0.15) is 46.0 Å². The molecule has 0 amide bonds. The predicted octanol–water partition coefficient (Wildman–Crippen LogP) is 3.50. The number of aromatic nitrogens is 1. The first-order valence-corrected chi connectivity index (χ1v) is 11.3. The van der Waals surface area contributed by atoms with E-state index in [2.05, 4.69) is 6.58 Å². The van der Waals surface area contributed by atoms with Crippen LogP contribution in [0.4, 0.5) is 4.39 Å². The van der Waals surface area contributed by atoms with Crippen molar-refractivity contribution in [2.45, 2.75) is 39.1 Å². The molecule has 0 aliphatic heterocycles. The van der Waals surface area contributed by atoms with Crippen LogP contribution < -0.4 is 0 Å². The van der Waals surface area contributed by atoms with E-state index in [0.29, 0.717) is 17.8 Å². The molecule has 7 nitrogen and oxygen atoms in total. The van der Waals surface area contributed by atoms with Crippen LogP contribution in [0.2, 0.25) is 0 Å². The Morgan fingerprint density at radius 2 is 1.81 bits per heavy atom. The molecule has 0 bridgehead atoms. The summed E-state index contributed by atoms with van der Waals surface area (Å²) in [7, 11) is -4.07. The van der Waals surface area contributed by atoms with Gasteiger partial charge in [0, 0.05) is 24.3 Å². The Morgan fingerprint density at radius 1 is 1.19 bits per heavy atom. The van der Waals surface area contributed by atoms with Crippen LogP contribution >= 0.6 is 0 Å². The molecule has 0 atom stereocenters. The van der Waals surface area contributed by atoms with E-state index in [9.17, 15) is 22.4 Å². The molecule has 0 fully saturated rings. The number of carbonyl (C=O) groups excluding carboxylic acids is 2. The number of sulfonamides is 1. The van der Waals surface area contributed by atoms with Crippen LogP contribution in [0, 0.1) is 19.7 Å². The molecule has 0 saturated carbocycles. The highest BCUT2D eigenvalue weighted by molar-refractivity contribution is 7.89. The lowest BCUT2D eigenvalue weighted by atomic mass is 10.1. The van der Waals surface area contributed by atoms with Crippen molar-refractivity contribution in [1.82, 2.24) is 8.87 Å². The van der Waals surface area contributed by atoms with E-state index in [1.54, 1.807) is 25.3 Å². The molecule has 1 heterocycles. The topological polar surface area (TPSA) is 85.7 Å². The van der Waals surface area contributed by atoms with Gasteiger partial charge in [-0.1, -0.05) is 6.08 Å². The lowest BCUT2D eigenvalue weighted by Gasteiger charge is -2.20. The summed E-state index contributed by atoms with van der Waals surface area (Å²) in [6.45, 7) is 10.5. The summed E-state index contributed by atoms with van der Waals surface area (Å²) in [5, 5.41) is 0. The van der Waals surface area contributed by atoms with Gasteiger partial charge in [-0.15, -0.1) is 6.58 Å². The molecule has 1 aromatic heterocycles. The largest absolute Gasteiger partial charge is 0.461 e. The van der Waals surface area contributed by atoms with Gasteiger partial charge in [0.05, 0.1) is 18.0 Å². The van der Waals surface area contributed by atoms with Crippen molar-refractivity contribution in [2.75, 3.05) is 19.7 Å². The number of nitrogens with zero attached hydrogens (tertiary/aromatic N) is 2. The smallest absolute Gasteiger partial charge is 0.355 e. The van der Waals surface area contributed by atoms with Gasteiger partial charge in [0.25, 0.3) is 0 Å². The summed E-state index contributed by atoms with van der Waals surface area (Å²) in [4.78, 5) is 25.5. The Bertz CT molecular complexity index is 1090. The number of rotatable bonds is 10. The number of carbonyl (C=O) groups is 2. The molecule has 0 N–H and O–H groups in total. The SMILES string of the molecule is C=CCN(CC(=O)c1c(C)c(C(=O)OCC)n(CC)c1C)S(=O)(=O)c1ccc(F)cc1. The fourth-order valence-corrected chi connectivity index (χ4v) is 4.92. The highest BCUT2D eigenvalue weighted by Crippen LogP contribution is 2.25. The summed E-state index contributed by atoms with van der Waals surface area (Å²) in [5.74, 6) is -1.56. The maximum atomic E-state index is 13.2. The van der Waals surface area contributed by atoms with Gasteiger partial charge in [-0.3, -0.25) is 4.79 Å². The first-order valence-electron chi connectivity index (χ1n) is 9.86. The molecule has 2 rings (SSSR count). The highest BCUT2D eigenvalue weighted by atomic mass is 32.2. The van der Waals surface area contributed by atoms with Crippen LogP contribution in [0.15, 0.2) is 41.8 Å². The molecule has 0 unspecified atom stereocenters. The maximum absolute atomic E-state index is 13.2. The number of ether oxygens (including phenoxy) is 1. The van der Waals surface area contributed by atoms with Crippen molar-refractivity contribution < 1.29 is 27.1 Å². The summed E-state index contributed by atoms with van der Waals surface area (Å²) in [6, 6.07) is 4.38. The van der Waals surface area contributed by atoms with E-state index in [0.717, 1.165) is 28.6 Å². The van der Waals surface area contributed by atoms with Crippen LogP contribution in [0.3, 0.4) is 0 Å². The number of benzene rings is 1. The summed E-state index contributed by atoms with van der Waals surface area (Å²) >= 11 is 0. The van der Waals surface area contributed by atoms with Crippen molar-refractivity contribution in [3.63, 3.8) is 0 Å². The summed E-state index contributed by atoms with van der Waals surface area (Å²) in [5.41, 5.74) is 1.57. The molecule has 9 heteroatoms. The second kappa shape index (κ2) is 10.0. The van der Waals surface area contributed by atoms with Crippen molar-refractivity contribution >= 4 is 21.8 Å². The van der Waals surface area contributed by atoms with E-state index >= 15 is 0 Å². The molecule has 2 aromatic rings. The lowest BCUT2D eigenvalue weighted by molar-refractivity contribution is 0.0512. The molecular formula is C22H27FN2O5S. The third-order valence-electron chi connectivity index (χ3n) is 4.93. The van der Waals surface area contributed by atoms with E-state index in [1.807, 2.05) is 6.92 Å². The van der Waals surface area contributed by atoms with Crippen molar-refractivity contribution in [3.8, 4) is 0 Å². The normalized spacial score (nSPS) is 11.5. The second-order valence-corrected chi connectivity index (χ2v) is 8.80. The van der Waals surface area contributed by atoms with Crippen LogP contribution in [0.25, 0.3) is 0 Å². The Balaban J connectivity index is 2.47. The van der Waals surface area contributed by atoms with E-state index in [1.165, 1.54) is 6.08 Å². The minimum Gasteiger partial charge on any atom is -0.461 e. The van der Waals surface area contributed by atoms with Crippen LogP contribution in [-0.2, 0) is 21.3 Å². The van der Waals surface area contributed by atoms with E-state index < -0.39 is 34.1 Å². The first-order chi connectivity index (χ1) is 14.6. The van der Waals surface area contributed by atoms with E-state index in [4.69, 9.17) is 4.74 Å². The zero-order chi connectivity index (χ0) is 23.3. The van der Waals surface area contributed by atoms with Gasteiger partial charge in [0.1, 0.15) is 11.5 Å². The minimum absolute atomic E-state index is 0.108. The molecule has 168 valence electrons. The van der Waals surface area contributed by atoms with Crippen LogP contribution in [-0.4, -0.2) is 48.7 Å². The van der Waals surface area contributed by atoms with Gasteiger partial charge in [0.2, 0.25) is 10.0 Å². The number of hydrogen-bond donors (Lipinski definition) is 0. The molecule has 0 aliphatic rings. The number of halogens is 1. The van der Waals surface area contributed by atoms with E-state index in [-0.39, 0.29) is 29.3 Å². The fourth-order valence-electron chi connectivity index (χ4n) is 3.55. The summed E-state index contributed by atoms with van der Waals surface area (Å²) < 4.78 is 47.0. The van der Waals surface area contributed by atoms with Crippen molar-refractivity contribution in [2.24, 2.45) is 0 Å². The number of Topliss-reactive ketones (excluding diaryl/α,β-unsaturated/α-hetero) is 1. The lowest BCUT2D eigenvalue weighted by Crippen LogP contribution is -2.36. The van der Waals surface area contributed by atoms with Gasteiger partial charge in [-0.05, 0) is 57.5 Å². The minimum atomic E-state index is -4.07. The van der Waals surface area contributed by atoms with Gasteiger partial charge in [-0.2, -0.15) is 4.31 Å². The Morgan fingerprint density at radius 3 is 2.32 bits per heavy atom. The van der Waals surface area contributed by atoms with Gasteiger partial charge in [0.15, 0.2) is 5.78 Å². The Labute approximate surface area is 182 Å². The third kappa shape index (κ3) is 4.94. The average molecular weight is 451 g/mol. The maximum Gasteiger partial charge on any atom is 0.355 e. The highest BCUT2D eigenvalue weighted by Gasteiger charge is 2.31. The number of hydrogen-bond acceptors (Lipinski definition) is 5. The molecule has 31 heavy (non-hydrogen) atoms. The molecule has 0 radical (unpaired) electrons. The second-order valence-electron chi connectivity index (χ2n) is 6.86. The molecule has 1 aromatic carbocycles. The zero-order valence-electron chi connectivity index (χ0n) is 18.1. The number of esters is 1. The van der Waals surface area contributed by atoms with Crippen molar-refractivity contribution in [3.05, 3.63) is 65.3 Å². The first kappa shape index (κ1) is 24.5. The van der Waals surface area contributed by atoms with Gasteiger partial charge < -0.3 is 9.30 Å².